The Labute approximate surface area is 156 Å². The molecule has 3 aromatic carbocycles. The van der Waals surface area contributed by atoms with Gasteiger partial charge in [-0.1, -0.05) is 18.2 Å². The van der Waals surface area contributed by atoms with E-state index in [1.54, 1.807) is 0 Å². The molecule has 27 heavy (non-hydrogen) atoms. The lowest BCUT2D eigenvalue weighted by molar-refractivity contribution is 0.174. The number of nitrogens with zero attached hydrogens (tertiary/aromatic N) is 1. The number of rotatable bonds is 3. The van der Waals surface area contributed by atoms with Crippen molar-refractivity contribution in [2.45, 2.75) is 19.8 Å². The average Bonchev–Trinajstić information content (AvgIpc) is 3.34. The van der Waals surface area contributed by atoms with Crippen LogP contribution in [0.2, 0.25) is 0 Å². The van der Waals surface area contributed by atoms with Crippen LogP contribution in [0.3, 0.4) is 0 Å². The predicted octanol–water partition coefficient (Wildman–Crippen LogP) is 4.73. The number of aryl methyl sites for hydroxylation is 1. The van der Waals surface area contributed by atoms with Gasteiger partial charge < -0.3 is 18.9 Å². The average molecular weight is 359 g/mol. The maximum Gasteiger partial charge on any atom is 0.231 e. The van der Waals surface area contributed by atoms with E-state index in [0.717, 1.165) is 56.0 Å². The molecule has 3 aromatic rings. The first-order valence-corrected chi connectivity index (χ1v) is 8.88. The fourth-order valence-electron chi connectivity index (χ4n) is 3.91. The van der Waals surface area contributed by atoms with Gasteiger partial charge in [-0.3, -0.25) is 0 Å². The van der Waals surface area contributed by atoms with Gasteiger partial charge in [-0.25, -0.2) is 0 Å². The Morgan fingerprint density at radius 2 is 1.70 bits per heavy atom. The molecule has 0 unspecified atom stereocenters. The van der Waals surface area contributed by atoms with Gasteiger partial charge in [0.15, 0.2) is 23.0 Å². The third kappa shape index (κ3) is 2.45. The van der Waals surface area contributed by atoms with Crippen molar-refractivity contribution in [1.82, 2.24) is 0 Å². The van der Waals surface area contributed by atoms with Crippen molar-refractivity contribution in [2.75, 3.05) is 13.6 Å². The molecule has 2 heterocycles. The first kappa shape index (κ1) is 15.8. The van der Waals surface area contributed by atoms with Crippen molar-refractivity contribution < 1.29 is 18.9 Å². The third-order valence-corrected chi connectivity index (χ3v) is 5.12. The second kappa shape index (κ2) is 6.10. The highest BCUT2D eigenvalue weighted by molar-refractivity contribution is 6.05. The zero-order valence-corrected chi connectivity index (χ0v) is 14.9. The molecule has 0 amide bonds. The lowest BCUT2D eigenvalue weighted by Crippen LogP contribution is -1.98. The summed E-state index contributed by atoms with van der Waals surface area (Å²) in [6.07, 6.45) is 1.13. The van der Waals surface area contributed by atoms with Gasteiger partial charge in [0.25, 0.3) is 0 Å². The molecular weight excluding hydrogens is 342 g/mol. The van der Waals surface area contributed by atoms with E-state index < -0.39 is 0 Å². The zero-order chi connectivity index (χ0) is 18.4. The Kier molecular flexibility index (Phi) is 3.58. The van der Waals surface area contributed by atoms with Crippen LogP contribution in [0.15, 0.2) is 36.4 Å². The molecule has 5 rings (SSSR count). The molecule has 5 nitrogen and oxygen atoms in total. The second-order valence-electron chi connectivity index (χ2n) is 6.67. The van der Waals surface area contributed by atoms with E-state index in [1.807, 2.05) is 24.3 Å². The molecule has 0 N–H and O–H groups in total. The van der Waals surface area contributed by atoms with Gasteiger partial charge >= 0.3 is 0 Å². The van der Waals surface area contributed by atoms with E-state index in [9.17, 15) is 0 Å². The summed E-state index contributed by atoms with van der Waals surface area (Å²) >= 11 is 0. The maximum absolute atomic E-state index is 9.14. The number of benzene rings is 3. The number of hydrogen-bond acceptors (Lipinski definition) is 5. The van der Waals surface area contributed by atoms with E-state index in [1.165, 1.54) is 0 Å². The molecule has 0 spiro atoms. The molecular formula is C22H17NO4. The molecule has 0 aromatic heterocycles. The van der Waals surface area contributed by atoms with Gasteiger partial charge in [0.05, 0.1) is 6.07 Å². The first-order valence-electron chi connectivity index (χ1n) is 8.88. The number of nitriles is 1. The van der Waals surface area contributed by atoms with Gasteiger partial charge in [0.2, 0.25) is 13.6 Å². The van der Waals surface area contributed by atoms with Crippen LogP contribution >= 0.6 is 0 Å². The lowest BCUT2D eigenvalue weighted by atomic mass is 9.87. The quantitative estimate of drug-likeness (QED) is 0.677. The summed E-state index contributed by atoms with van der Waals surface area (Å²) in [5.74, 6) is 3.00. The summed E-state index contributed by atoms with van der Waals surface area (Å²) in [4.78, 5) is 0. The van der Waals surface area contributed by atoms with Crippen molar-refractivity contribution in [3.8, 4) is 40.2 Å². The van der Waals surface area contributed by atoms with Crippen molar-refractivity contribution in [3.63, 3.8) is 0 Å². The van der Waals surface area contributed by atoms with Crippen LogP contribution < -0.4 is 18.9 Å². The molecule has 2 aliphatic heterocycles. The summed E-state index contributed by atoms with van der Waals surface area (Å²) in [6.45, 7) is 2.55. The van der Waals surface area contributed by atoms with Crippen molar-refractivity contribution in [3.05, 3.63) is 47.5 Å². The van der Waals surface area contributed by atoms with Crippen LogP contribution in [0.4, 0.5) is 0 Å². The molecule has 0 radical (unpaired) electrons. The van der Waals surface area contributed by atoms with E-state index in [0.29, 0.717) is 12.8 Å². The van der Waals surface area contributed by atoms with Crippen LogP contribution in [0, 0.1) is 18.3 Å². The maximum atomic E-state index is 9.14. The van der Waals surface area contributed by atoms with E-state index in [-0.39, 0.29) is 13.6 Å². The molecule has 134 valence electrons. The minimum atomic E-state index is 0.219. The number of ether oxygens (including phenoxy) is 4. The smallest absolute Gasteiger partial charge is 0.231 e. The van der Waals surface area contributed by atoms with Gasteiger partial charge in [0.1, 0.15) is 0 Å². The van der Waals surface area contributed by atoms with Crippen LogP contribution in [-0.4, -0.2) is 13.6 Å². The van der Waals surface area contributed by atoms with Crippen LogP contribution in [0.1, 0.15) is 17.5 Å². The molecule has 5 heteroatoms. The fraction of sp³-hybridized carbons (Fsp3) is 0.227. The van der Waals surface area contributed by atoms with E-state index >= 15 is 0 Å². The van der Waals surface area contributed by atoms with Gasteiger partial charge in [0, 0.05) is 11.8 Å². The third-order valence-electron chi connectivity index (χ3n) is 5.12. The second-order valence-corrected chi connectivity index (χ2v) is 6.67. The molecule has 0 atom stereocenters. The molecule has 2 aliphatic rings. The molecule has 0 saturated carbocycles. The Bertz CT molecular complexity index is 1110. The Hall–Kier alpha value is -3.39. The van der Waals surface area contributed by atoms with Crippen molar-refractivity contribution in [1.29, 1.82) is 5.26 Å². The summed E-state index contributed by atoms with van der Waals surface area (Å²) in [6, 6.07) is 14.4. The normalized spacial score (nSPS) is 13.8. The van der Waals surface area contributed by atoms with Gasteiger partial charge in [-0.2, -0.15) is 5.26 Å². The Morgan fingerprint density at radius 3 is 2.59 bits per heavy atom. The van der Waals surface area contributed by atoms with Crippen molar-refractivity contribution in [2.24, 2.45) is 0 Å². The molecule has 0 bridgehead atoms. The summed E-state index contributed by atoms with van der Waals surface area (Å²) < 4.78 is 22.5. The molecule has 0 fully saturated rings. The first-order chi connectivity index (χ1) is 13.3. The van der Waals surface area contributed by atoms with Gasteiger partial charge in [-0.15, -0.1) is 0 Å². The topological polar surface area (TPSA) is 60.7 Å². The predicted molar refractivity (Wildman–Crippen MR) is 100 cm³/mol. The summed E-state index contributed by atoms with van der Waals surface area (Å²) in [5.41, 5.74) is 4.39. The number of fused-ring (bicyclic) bond motifs is 4. The SMILES string of the molecule is Cc1cc2ccc3c(c2c(-c2ccc4c(c2)OCO4)c1CCC#N)OCO3. The largest absolute Gasteiger partial charge is 0.454 e. The zero-order valence-electron chi connectivity index (χ0n) is 14.9. The Morgan fingerprint density at radius 1 is 0.926 bits per heavy atom. The summed E-state index contributed by atoms with van der Waals surface area (Å²) in [7, 11) is 0. The minimum absolute atomic E-state index is 0.219. The highest BCUT2D eigenvalue weighted by Crippen LogP contribution is 2.47. The number of hydrogen-bond donors (Lipinski definition) is 0. The highest BCUT2D eigenvalue weighted by Gasteiger charge is 2.24. The standard InChI is InChI=1S/C22H17NO4/c1-13-9-14-5-7-18-22(27-12-25-18)21(14)20(16(13)3-2-8-23)15-4-6-17-19(10-15)26-11-24-17/h4-7,9-10H,2-3,11-12H2,1H3. The molecule has 0 aliphatic carbocycles. The van der Waals surface area contributed by atoms with Crippen molar-refractivity contribution >= 4 is 10.8 Å². The highest BCUT2D eigenvalue weighted by atomic mass is 16.7. The molecule has 0 saturated heterocycles. The summed E-state index contributed by atoms with van der Waals surface area (Å²) in [5, 5.41) is 11.2. The fourth-order valence-corrected chi connectivity index (χ4v) is 3.91. The van der Waals surface area contributed by atoms with Gasteiger partial charge in [-0.05, 0) is 59.2 Å². The minimum Gasteiger partial charge on any atom is -0.454 e. The van der Waals surface area contributed by atoms with Crippen LogP contribution in [0.25, 0.3) is 21.9 Å². The van der Waals surface area contributed by atoms with E-state index in [4.69, 9.17) is 24.2 Å². The monoisotopic (exact) mass is 359 g/mol. The lowest BCUT2D eigenvalue weighted by Gasteiger charge is -2.17. The Balaban J connectivity index is 1.84. The van der Waals surface area contributed by atoms with E-state index in [2.05, 4.69) is 25.1 Å². The van der Waals surface area contributed by atoms with Crippen LogP contribution in [0.5, 0.6) is 23.0 Å². The van der Waals surface area contributed by atoms with Crippen LogP contribution in [-0.2, 0) is 6.42 Å².